The maximum atomic E-state index is 11.8. The zero-order valence-corrected chi connectivity index (χ0v) is 16.1. The van der Waals surface area contributed by atoms with Crippen molar-refractivity contribution in [2.45, 2.75) is 69.9 Å². The second-order valence-corrected chi connectivity index (χ2v) is 6.63. The molecule has 0 aliphatic carbocycles. The van der Waals surface area contributed by atoms with Gasteiger partial charge in [-0.15, -0.1) is 0 Å². The Morgan fingerprint density at radius 2 is 1.22 bits per heavy atom. The van der Waals surface area contributed by atoms with E-state index in [-0.39, 0.29) is 6.42 Å². The minimum absolute atomic E-state index is 0.0110. The summed E-state index contributed by atoms with van der Waals surface area (Å²) in [7, 11) is 0. The van der Waals surface area contributed by atoms with E-state index in [2.05, 4.69) is 17.6 Å². The van der Waals surface area contributed by atoms with Crippen LogP contribution in [-0.2, 0) is 9.59 Å². The number of Topliss-reactive ketones (excluding diaryl/α,β-unsaturated/α-hetero) is 2. The van der Waals surface area contributed by atoms with E-state index in [0.29, 0.717) is 13.0 Å². The van der Waals surface area contributed by atoms with Crippen LogP contribution in [0.1, 0.15) is 45.4 Å². The molecule has 0 heterocycles. The fourth-order valence-corrected chi connectivity index (χ4v) is 2.49. The lowest BCUT2D eigenvalue weighted by Crippen LogP contribution is -2.50. The van der Waals surface area contributed by atoms with Crippen molar-refractivity contribution in [3.8, 4) is 0 Å². The molecule has 0 amide bonds. The number of carbonyl (C=O) groups excluding carboxylic acids is 2. The van der Waals surface area contributed by atoms with Crippen molar-refractivity contribution in [2.75, 3.05) is 32.8 Å². The van der Waals surface area contributed by atoms with Gasteiger partial charge in [-0.25, -0.2) is 0 Å². The van der Waals surface area contributed by atoms with Crippen LogP contribution < -0.4 is 10.6 Å². The zero-order valence-electron chi connectivity index (χ0n) is 16.1. The van der Waals surface area contributed by atoms with Gasteiger partial charge in [0.1, 0.15) is 31.0 Å². The third-order valence-corrected chi connectivity index (χ3v) is 4.22. The molecule has 0 fully saturated rings. The molecule has 0 radical (unpaired) electrons. The summed E-state index contributed by atoms with van der Waals surface area (Å²) in [4.78, 5) is 22.9. The Labute approximate surface area is 160 Å². The summed E-state index contributed by atoms with van der Waals surface area (Å²) >= 11 is 0. The van der Waals surface area contributed by atoms with Crippen LogP contribution >= 0.6 is 0 Å². The molecule has 9 heteroatoms. The highest BCUT2D eigenvalue weighted by molar-refractivity contribution is 5.85. The zero-order chi connectivity index (χ0) is 20.7. The van der Waals surface area contributed by atoms with Crippen LogP contribution in [0.4, 0.5) is 0 Å². The first kappa shape index (κ1) is 26.1. The molecule has 0 aromatic rings. The fourth-order valence-electron chi connectivity index (χ4n) is 2.49. The standard InChI is InChI=1S/C18H36N2O7/c1-2-8-19-9-4-3-5-10-20-11-6-7-13(22)15(24)17(26)18(27)16(25)14(23)12-21/h15-21,24-27H,2-12H2,1H3/t15-,16+,17+,18+/m0/s1. The quantitative estimate of drug-likeness (QED) is 0.132. The number of carbonyl (C=O) groups is 2. The van der Waals surface area contributed by atoms with Crippen molar-refractivity contribution in [3.05, 3.63) is 0 Å². The molecule has 7 N–H and O–H groups in total. The predicted molar refractivity (Wildman–Crippen MR) is 100 cm³/mol. The molecule has 0 unspecified atom stereocenters. The number of nitrogens with one attached hydrogen (secondary N) is 2. The van der Waals surface area contributed by atoms with Gasteiger partial charge in [0.05, 0.1) is 0 Å². The van der Waals surface area contributed by atoms with Crippen LogP contribution in [0.5, 0.6) is 0 Å². The molecule has 4 atom stereocenters. The van der Waals surface area contributed by atoms with E-state index in [0.717, 1.165) is 45.3 Å². The van der Waals surface area contributed by atoms with Gasteiger partial charge < -0.3 is 36.2 Å². The maximum Gasteiger partial charge on any atom is 0.189 e. The molecule has 0 aliphatic heterocycles. The Bertz CT molecular complexity index is 409. The number of hydrogen-bond acceptors (Lipinski definition) is 9. The van der Waals surface area contributed by atoms with E-state index in [1.54, 1.807) is 0 Å². The molecule has 160 valence electrons. The lowest BCUT2D eigenvalue weighted by atomic mass is 9.96. The third kappa shape index (κ3) is 11.5. The Hall–Kier alpha value is -0.940. The van der Waals surface area contributed by atoms with Crippen LogP contribution in [-0.4, -0.2) is 94.3 Å². The molecule has 0 saturated carbocycles. The Morgan fingerprint density at radius 1 is 0.741 bits per heavy atom. The van der Waals surface area contributed by atoms with Crippen LogP contribution in [0, 0.1) is 0 Å². The average Bonchev–Trinajstić information content (AvgIpc) is 2.68. The highest BCUT2D eigenvalue weighted by Gasteiger charge is 2.36. The van der Waals surface area contributed by atoms with Crippen molar-refractivity contribution in [1.82, 2.24) is 10.6 Å². The van der Waals surface area contributed by atoms with Crippen molar-refractivity contribution in [1.29, 1.82) is 0 Å². The van der Waals surface area contributed by atoms with Crippen molar-refractivity contribution < 1.29 is 35.1 Å². The lowest BCUT2D eigenvalue weighted by Gasteiger charge is -2.24. The maximum absolute atomic E-state index is 11.8. The van der Waals surface area contributed by atoms with Gasteiger partial charge in [0, 0.05) is 6.42 Å². The van der Waals surface area contributed by atoms with E-state index in [1.807, 2.05) is 0 Å². The number of aliphatic hydroxyl groups is 5. The lowest BCUT2D eigenvalue weighted by molar-refractivity contribution is -0.154. The largest absolute Gasteiger partial charge is 0.388 e. The van der Waals surface area contributed by atoms with Gasteiger partial charge in [-0.3, -0.25) is 9.59 Å². The Morgan fingerprint density at radius 3 is 1.74 bits per heavy atom. The van der Waals surface area contributed by atoms with Gasteiger partial charge in [0.15, 0.2) is 11.6 Å². The summed E-state index contributed by atoms with van der Waals surface area (Å²) in [5.41, 5.74) is 0. The van der Waals surface area contributed by atoms with Gasteiger partial charge >= 0.3 is 0 Å². The molecule has 0 aliphatic rings. The SMILES string of the molecule is CCCNCCCCCNCCCC(=O)[C@H](O)[C@@H](O)[C@H](O)[C@H](O)C(=O)CO. The van der Waals surface area contributed by atoms with E-state index < -0.39 is 42.6 Å². The van der Waals surface area contributed by atoms with E-state index in [4.69, 9.17) is 5.11 Å². The van der Waals surface area contributed by atoms with Crippen molar-refractivity contribution in [2.24, 2.45) is 0 Å². The van der Waals surface area contributed by atoms with Crippen LogP contribution in [0.3, 0.4) is 0 Å². The van der Waals surface area contributed by atoms with Crippen molar-refractivity contribution >= 4 is 11.6 Å². The molecule has 0 spiro atoms. The summed E-state index contributed by atoms with van der Waals surface area (Å²) in [6.07, 6.45) is -3.18. The Balaban J connectivity index is 3.84. The number of hydrogen-bond donors (Lipinski definition) is 7. The monoisotopic (exact) mass is 392 g/mol. The summed E-state index contributed by atoms with van der Waals surface area (Å²) in [6.45, 7) is 4.59. The normalized spacial score (nSPS) is 15.9. The second-order valence-electron chi connectivity index (χ2n) is 6.63. The minimum Gasteiger partial charge on any atom is -0.388 e. The molecule has 0 aromatic heterocycles. The molecule has 0 aromatic carbocycles. The third-order valence-electron chi connectivity index (χ3n) is 4.22. The Kier molecular flexibility index (Phi) is 15.5. The number of unbranched alkanes of at least 4 members (excludes halogenated alkanes) is 2. The van der Waals surface area contributed by atoms with Gasteiger partial charge in [-0.2, -0.15) is 0 Å². The van der Waals surface area contributed by atoms with Crippen molar-refractivity contribution in [3.63, 3.8) is 0 Å². The first-order valence-corrected chi connectivity index (χ1v) is 9.66. The van der Waals surface area contributed by atoms with Gasteiger partial charge in [0.2, 0.25) is 0 Å². The summed E-state index contributed by atoms with van der Waals surface area (Å²) in [6, 6.07) is 0. The number of rotatable bonds is 18. The molecule has 0 rings (SSSR count). The molecule has 9 nitrogen and oxygen atoms in total. The van der Waals surface area contributed by atoms with Gasteiger partial charge in [-0.1, -0.05) is 13.3 Å². The van der Waals surface area contributed by atoms with Crippen LogP contribution in [0.15, 0.2) is 0 Å². The van der Waals surface area contributed by atoms with E-state index >= 15 is 0 Å². The number of aliphatic hydroxyl groups excluding tert-OH is 5. The van der Waals surface area contributed by atoms with E-state index in [9.17, 15) is 30.0 Å². The van der Waals surface area contributed by atoms with Crippen LogP contribution in [0.2, 0.25) is 0 Å². The molecular weight excluding hydrogens is 356 g/mol. The van der Waals surface area contributed by atoms with Crippen LogP contribution in [0.25, 0.3) is 0 Å². The summed E-state index contributed by atoms with van der Waals surface area (Å²) < 4.78 is 0. The first-order chi connectivity index (χ1) is 12.9. The highest BCUT2D eigenvalue weighted by atomic mass is 16.4. The van der Waals surface area contributed by atoms with Gasteiger partial charge in [-0.05, 0) is 51.9 Å². The smallest absolute Gasteiger partial charge is 0.189 e. The summed E-state index contributed by atoms with van der Waals surface area (Å²) in [5, 5.41) is 53.6. The average molecular weight is 392 g/mol. The minimum atomic E-state index is -2.06. The second kappa shape index (κ2) is 16.1. The fraction of sp³-hybridized carbons (Fsp3) is 0.889. The van der Waals surface area contributed by atoms with E-state index in [1.165, 1.54) is 0 Å². The molecular formula is C18H36N2O7. The topological polar surface area (TPSA) is 159 Å². The molecule has 27 heavy (non-hydrogen) atoms. The summed E-state index contributed by atoms with van der Waals surface area (Å²) in [5.74, 6) is -1.79. The predicted octanol–water partition coefficient (Wildman–Crippen LogP) is -1.90. The first-order valence-electron chi connectivity index (χ1n) is 9.66. The highest BCUT2D eigenvalue weighted by Crippen LogP contribution is 2.09. The number of ketones is 2. The molecule has 0 bridgehead atoms. The van der Waals surface area contributed by atoms with Gasteiger partial charge in [0.25, 0.3) is 0 Å². The molecule has 0 saturated heterocycles.